The smallest absolute Gasteiger partial charge is 0.303 e. The van der Waals surface area contributed by atoms with Crippen LogP contribution in [0.2, 0.25) is 0 Å². The number of carboxylic acids is 1. The first-order valence-electron chi connectivity index (χ1n) is 9.55. The highest BCUT2D eigenvalue weighted by atomic mass is 16.4. The Morgan fingerprint density at radius 2 is 1.92 bits per heavy atom. The van der Waals surface area contributed by atoms with Crippen molar-refractivity contribution in [3.05, 3.63) is 24.3 Å². The molecule has 0 aromatic rings. The van der Waals surface area contributed by atoms with E-state index in [2.05, 4.69) is 6.92 Å². The van der Waals surface area contributed by atoms with Gasteiger partial charge in [-0.25, -0.2) is 0 Å². The minimum absolute atomic E-state index is 0.0650. The molecule has 1 saturated carbocycles. The van der Waals surface area contributed by atoms with E-state index in [1.165, 1.54) is 0 Å². The Balaban J connectivity index is 2.46. The summed E-state index contributed by atoms with van der Waals surface area (Å²) >= 11 is 0. The number of carbonyl (C=O) groups is 1. The molecule has 1 aliphatic carbocycles. The summed E-state index contributed by atoms with van der Waals surface area (Å²) in [5.41, 5.74) is 0. The molecule has 0 bridgehead atoms. The predicted octanol–water partition coefficient (Wildman–Crippen LogP) is 3.04. The van der Waals surface area contributed by atoms with Crippen LogP contribution in [-0.2, 0) is 4.79 Å². The molecule has 0 aromatic heterocycles. The van der Waals surface area contributed by atoms with E-state index in [0.717, 1.165) is 25.7 Å². The third-order valence-electron chi connectivity index (χ3n) is 4.91. The van der Waals surface area contributed by atoms with Gasteiger partial charge in [0.05, 0.1) is 18.3 Å². The normalized spacial score (nSPS) is 28.2. The fourth-order valence-electron chi connectivity index (χ4n) is 3.41. The van der Waals surface area contributed by atoms with Gasteiger partial charge in [-0.2, -0.15) is 0 Å². The second-order valence-electron chi connectivity index (χ2n) is 7.05. The van der Waals surface area contributed by atoms with Crippen LogP contribution in [0.15, 0.2) is 24.3 Å². The molecular formula is C20H34O5. The van der Waals surface area contributed by atoms with Gasteiger partial charge in [-0.05, 0) is 31.6 Å². The fraction of sp³-hybridized carbons (Fsp3) is 0.750. The highest BCUT2D eigenvalue weighted by molar-refractivity contribution is 5.66. The lowest BCUT2D eigenvalue weighted by molar-refractivity contribution is -0.137. The van der Waals surface area contributed by atoms with Gasteiger partial charge in [0, 0.05) is 18.8 Å². The van der Waals surface area contributed by atoms with E-state index >= 15 is 0 Å². The molecule has 144 valence electrons. The zero-order chi connectivity index (χ0) is 18.7. The first kappa shape index (κ1) is 21.9. The van der Waals surface area contributed by atoms with Crippen LogP contribution < -0.4 is 0 Å². The van der Waals surface area contributed by atoms with Gasteiger partial charge in [-0.15, -0.1) is 0 Å². The number of hydrogen-bond acceptors (Lipinski definition) is 4. The molecule has 0 heterocycles. The maximum absolute atomic E-state index is 10.5. The summed E-state index contributed by atoms with van der Waals surface area (Å²) in [6.07, 6.45) is 12.3. The number of rotatable bonds is 12. The molecule has 5 heteroatoms. The summed E-state index contributed by atoms with van der Waals surface area (Å²) in [4.78, 5) is 10.5. The number of unbranched alkanes of at least 4 members (excludes halogenated alkanes) is 3. The van der Waals surface area contributed by atoms with E-state index in [-0.39, 0.29) is 18.3 Å². The lowest BCUT2D eigenvalue weighted by Crippen LogP contribution is -2.20. The molecule has 1 fully saturated rings. The molecule has 0 aromatic carbocycles. The molecule has 1 rings (SSSR count). The first-order valence-corrected chi connectivity index (χ1v) is 9.55. The molecule has 0 spiro atoms. The first-order chi connectivity index (χ1) is 12.0. The van der Waals surface area contributed by atoms with E-state index in [0.29, 0.717) is 25.7 Å². The van der Waals surface area contributed by atoms with Crippen molar-refractivity contribution >= 4 is 5.97 Å². The average Bonchev–Trinajstić information content (AvgIpc) is 2.82. The molecule has 0 aliphatic heterocycles. The molecule has 4 N–H and O–H groups in total. The van der Waals surface area contributed by atoms with Gasteiger partial charge in [-0.1, -0.05) is 50.5 Å². The van der Waals surface area contributed by atoms with E-state index in [1.54, 1.807) is 6.08 Å². The number of allylic oxidation sites excluding steroid dienone is 2. The van der Waals surface area contributed by atoms with Crippen LogP contribution in [0.4, 0.5) is 0 Å². The van der Waals surface area contributed by atoms with Crippen LogP contribution in [0, 0.1) is 11.8 Å². The second kappa shape index (κ2) is 12.2. The van der Waals surface area contributed by atoms with Gasteiger partial charge >= 0.3 is 5.97 Å². The second-order valence-corrected chi connectivity index (χ2v) is 7.05. The summed E-state index contributed by atoms with van der Waals surface area (Å²) in [6, 6.07) is 0. The van der Waals surface area contributed by atoms with Crippen LogP contribution in [0.5, 0.6) is 0 Å². The zero-order valence-corrected chi connectivity index (χ0v) is 15.3. The molecule has 0 unspecified atom stereocenters. The minimum atomic E-state index is -0.787. The lowest BCUT2D eigenvalue weighted by Gasteiger charge is -2.19. The lowest BCUT2D eigenvalue weighted by atomic mass is 9.89. The van der Waals surface area contributed by atoms with Crippen molar-refractivity contribution < 1.29 is 25.2 Å². The highest BCUT2D eigenvalue weighted by Crippen LogP contribution is 2.36. The van der Waals surface area contributed by atoms with Crippen molar-refractivity contribution in [2.24, 2.45) is 11.8 Å². The van der Waals surface area contributed by atoms with Crippen molar-refractivity contribution in [1.82, 2.24) is 0 Å². The largest absolute Gasteiger partial charge is 0.481 e. The van der Waals surface area contributed by atoms with E-state index in [4.69, 9.17) is 5.11 Å². The fourth-order valence-corrected chi connectivity index (χ4v) is 3.41. The minimum Gasteiger partial charge on any atom is -0.481 e. The van der Waals surface area contributed by atoms with Crippen molar-refractivity contribution in [3.8, 4) is 0 Å². The number of aliphatic carboxylic acids is 1. The Hall–Kier alpha value is -1.17. The molecule has 0 amide bonds. The molecule has 5 atom stereocenters. The standard InChI is InChI=1S/C20H34O5/c1-2-3-6-9-15(21)12-13-17-16(18(22)14-19(17)23)10-7-4-5-8-11-20(24)25/h4,7,12-13,15-19,21-23H,2-3,5-6,8-11,14H2,1H3,(H,24,25)/b7-4?,13-12+/t15-,16+,17+,18-,19-/m0/s1. The van der Waals surface area contributed by atoms with Crippen molar-refractivity contribution in [1.29, 1.82) is 0 Å². The highest BCUT2D eigenvalue weighted by Gasteiger charge is 2.39. The number of aliphatic hydroxyl groups excluding tert-OH is 3. The summed E-state index contributed by atoms with van der Waals surface area (Å²) in [7, 11) is 0. The Bertz CT molecular complexity index is 432. The van der Waals surface area contributed by atoms with Crippen molar-refractivity contribution in [2.75, 3.05) is 0 Å². The van der Waals surface area contributed by atoms with Crippen LogP contribution >= 0.6 is 0 Å². The summed E-state index contributed by atoms with van der Waals surface area (Å²) in [5, 5.41) is 39.0. The van der Waals surface area contributed by atoms with Gasteiger partial charge < -0.3 is 20.4 Å². The Morgan fingerprint density at radius 3 is 2.60 bits per heavy atom. The number of aliphatic hydroxyl groups is 3. The number of carboxylic acid groups (broad SMARTS) is 1. The predicted molar refractivity (Wildman–Crippen MR) is 98.1 cm³/mol. The third kappa shape index (κ3) is 8.66. The SMILES string of the molecule is CCCCC[C@H](O)/C=C/[C@@H]1[C@@H](CC=CCCCC(=O)O)[C@@H](O)C[C@@H]1O. The molecular weight excluding hydrogens is 320 g/mol. The Kier molecular flexibility index (Phi) is 10.7. The summed E-state index contributed by atoms with van der Waals surface area (Å²) in [6.45, 7) is 2.12. The van der Waals surface area contributed by atoms with Gasteiger partial charge in [0.25, 0.3) is 0 Å². The molecule has 5 nitrogen and oxygen atoms in total. The summed E-state index contributed by atoms with van der Waals surface area (Å²) < 4.78 is 0. The van der Waals surface area contributed by atoms with E-state index < -0.39 is 24.3 Å². The topological polar surface area (TPSA) is 98.0 Å². The molecule has 0 radical (unpaired) electrons. The maximum Gasteiger partial charge on any atom is 0.303 e. The quantitative estimate of drug-likeness (QED) is 0.319. The molecule has 1 aliphatic rings. The molecule has 25 heavy (non-hydrogen) atoms. The average molecular weight is 354 g/mol. The summed E-state index contributed by atoms with van der Waals surface area (Å²) in [5.74, 6) is -1.00. The van der Waals surface area contributed by atoms with Crippen LogP contribution in [0.3, 0.4) is 0 Å². The van der Waals surface area contributed by atoms with Crippen LogP contribution in [-0.4, -0.2) is 44.7 Å². The van der Waals surface area contributed by atoms with Crippen LogP contribution in [0.1, 0.15) is 64.7 Å². The third-order valence-corrected chi connectivity index (χ3v) is 4.91. The Morgan fingerprint density at radius 1 is 1.16 bits per heavy atom. The van der Waals surface area contributed by atoms with Crippen molar-refractivity contribution in [2.45, 2.75) is 83.0 Å². The molecule has 0 saturated heterocycles. The maximum atomic E-state index is 10.5. The zero-order valence-electron chi connectivity index (χ0n) is 15.3. The van der Waals surface area contributed by atoms with Gasteiger partial charge in [0.2, 0.25) is 0 Å². The van der Waals surface area contributed by atoms with Gasteiger partial charge in [-0.3, -0.25) is 4.79 Å². The van der Waals surface area contributed by atoms with E-state index in [9.17, 15) is 20.1 Å². The monoisotopic (exact) mass is 354 g/mol. The van der Waals surface area contributed by atoms with E-state index in [1.807, 2.05) is 18.2 Å². The number of hydrogen-bond donors (Lipinski definition) is 4. The van der Waals surface area contributed by atoms with Gasteiger partial charge in [0.15, 0.2) is 0 Å². The Labute approximate surface area is 151 Å². The van der Waals surface area contributed by atoms with Crippen molar-refractivity contribution in [3.63, 3.8) is 0 Å². The van der Waals surface area contributed by atoms with Crippen LogP contribution in [0.25, 0.3) is 0 Å². The van der Waals surface area contributed by atoms with Gasteiger partial charge in [0.1, 0.15) is 0 Å².